The summed E-state index contributed by atoms with van der Waals surface area (Å²) in [7, 11) is 3.27. The average Bonchev–Trinajstić information content (AvgIpc) is 3.18. The molecule has 5 nitrogen and oxygen atoms in total. The Morgan fingerprint density at radius 2 is 1.90 bits per heavy atom. The molecule has 0 radical (unpaired) electrons. The maximum atomic E-state index is 6.10. The van der Waals surface area contributed by atoms with Crippen molar-refractivity contribution in [1.29, 1.82) is 0 Å². The van der Waals surface area contributed by atoms with Crippen molar-refractivity contribution in [1.82, 2.24) is 9.55 Å². The van der Waals surface area contributed by atoms with Crippen molar-refractivity contribution in [3.8, 4) is 11.5 Å². The Bertz CT molecular complexity index is 644. The highest BCUT2D eigenvalue weighted by molar-refractivity contribution is 5.82. The number of nitrogens with two attached hydrogens (primary N) is 1. The molecule has 0 aliphatic heterocycles. The van der Waals surface area contributed by atoms with Crippen molar-refractivity contribution in [2.45, 2.75) is 32.7 Å². The van der Waals surface area contributed by atoms with Crippen LogP contribution < -0.4 is 15.2 Å². The number of rotatable bonds is 5. The minimum atomic E-state index is 0.412. The Morgan fingerprint density at radius 3 is 2.45 bits per heavy atom. The number of imidazole rings is 1. The first-order chi connectivity index (χ1) is 9.62. The van der Waals surface area contributed by atoms with E-state index in [1.54, 1.807) is 14.2 Å². The lowest BCUT2D eigenvalue weighted by atomic mass is 10.0. The zero-order valence-electron chi connectivity index (χ0n) is 12.3. The van der Waals surface area contributed by atoms with Crippen molar-refractivity contribution < 1.29 is 9.47 Å². The fourth-order valence-electron chi connectivity index (χ4n) is 2.77. The van der Waals surface area contributed by atoms with E-state index in [1.807, 2.05) is 12.1 Å². The van der Waals surface area contributed by atoms with Gasteiger partial charge in [-0.2, -0.15) is 0 Å². The summed E-state index contributed by atoms with van der Waals surface area (Å²) in [5.74, 6) is 1.96. The van der Waals surface area contributed by atoms with E-state index in [9.17, 15) is 0 Å². The molecule has 0 unspecified atom stereocenters. The van der Waals surface area contributed by atoms with Crippen molar-refractivity contribution in [3.05, 3.63) is 12.1 Å². The standard InChI is InChI=1S/C15H21N3O2/c1-4-15(5-6-15)9-18-11-8-13(20-3)12(19-2)7-10(11)17-14(18)16/h7-8H,4-6,9H2,1-3H3,(H2,16,17). The molecule has 1 aliphatic carbocycles. The van der Waals surface area contributed by atoms with Gasteiger partial charge in [0.15, 0.2) is 11.5 Å². The summed E-state index contributed by atoms with van der Waals surface area (Å²) >= 11 is 0. The first-order valence-electron chi connectivity index (χ1n) is 7.00. The van der Waals surface area contributed by atoms with Gasteiger partial charge in [-0.15, -0.1) is 0 Å². The molecule has 0 atom stereocenters. The van der Waals surface area contributed by atoms with E-state index in [0.717, 1.165) is 17.6 Å². The van der Waals surface area contributed by atoms with Crippen molar-refractivity contribution in [3.63, 3.8) is 0 Å². The topological polar surface area (TPSA) is 62.3 Å². The highest BCUT2D eigenvalue weighted by Gasteiger charge is 2.41. The number of anilines is 1. The molecule has 0 amide bonds. The summed E-state index contributed by atoms with van der Waals surface area (Å²) in [5, 5.41) is 0. The zero-order chi connectivity index (χ0) is 14.3. The van der Waals surface area contributed by atoms with Gasteiger partial charge in [0.1, 0.15) is 0 Å². The number of aromatic nitrogens is 2. The van der Waals surface area contributed by atoms with Crippen LogP contribution in [0.4, 0.5) is 5.95 Å². The molecule has 1 aromatic heterocycles. The maximum Gasteiger partial charge on any atom is 0.201 e. The molecule has 3 rings (SSSR count). The Hall–Kier alpha value is -1.91. The molecule has 1 heterocycles. The van der Waals surface area contributed by atoms with E-state index in [1.165, 1.54) is 19.3 Å². The largest absolute Gasteiger partial charge is 0.493 e. The monoisotopic (exact) mass is 275 g/mol. The number of nitrogen functional groups attached to an aromatic ring is 1. The number of methoxy groups -OCH3 is 2. The average molecular weight is 275 g/mol. The molecular weight excluding hydrogens is 254 g/mol. The lowest BCUT2D eigenvalue weighted by molar-refractivity contribution is 0.355. The quantitative estimate of drug-likeness (QED) is 0.911. The van der Waals surface area contributed by atoms with E-state index >= 15 is 0 Å². The van der Waals surface area contributed by atoms with Crippen LogP contribution >= 0.6 is 0 Å². The molecule has 0 spiro atoms. The Kier molecular flexibility index (Phi) is 3.00. The predicted octanol–water partition coefficient (Wildman–Crippen LogP) is 2.83. The van der Waals surface area contributed by atoms with E-state index in [4.69, 9.17) is 15.2 Å². The second-order valence-electron chi connectivity index (χ2n) is 5.61. The molecule has 2 aromatic rings. The first kappa shape index (κ1) is 13.1. The van der Waals surface area contributed by atoms with Gasteiger partial charge < -0.3 is 19.8 Å². The summed E-state index contributed by atoms with van der Waals surface area (Å²) in [6, 6.07) is 3.84. The van der Waals surface area contributed by atoms with Crippen molar-refractivity contribution >= 4 is 17.0 Å². The van der Waals surface area contributed by atoms with E-state index in [0.29, 0.717) is 22.9 Å². The molecule has 108 valence electrons. The number of nitrogens with zero attached hydrogens (tertiary/aromatic N) is 2. The van der Waals surface area contributed by atoms with Gasteiger partial charge in [-0.1, -0.05) is 6.92 Å². The van der Waals surface area contributed by atoms with Crippen LogP contribution in [-0.4, -0.2) is 23.8 Å². The van der Waals surface area contributed by atoms with Gasteiger partial charge in [-0.25, -0.2) is 4.98 Å². The number of hydrogen-bond donors (Lipinski definition) is 1. The normalized spacial score (nSPS) is 16.4. The van der Waals surface area contributed by atoms with Crippen LogP contribution in [0.5, 0.6) is 11.5 Å². The van der Waals surface area contributed by atoms with E-state index in [-0.39, 0.29) is 0 Å². The molecule has 1 aliphatic rings. The third kappa shape index (κ3) is 1.97. The SMILES string of the molecule is CCC1(Cn2c(N)nc3cc(OC)c(OC)cc32)CC1. The lowest BCUT2D eigenvalue weighted by Crippen LogP contribution is -2.13. The summed E-state index contributed by atoms with van der Waals surface area (Å²) in [5.41, 5.74) is 8.38. The van der Waals surface area contributed by atoms with Crippen LogP contribution in [0.3, 0.4) is 0 Å². The minimum Gasteiger partial charge on any atom is -0.493 e. The maximum absolute atomic E-state index is 6.10. The Balaban J connectivity index is 2.09. The smallest absolute Gasteiger partial charge is 0.201 e. The molecule has 20 heavy (non-hydrogen) atoms. The van der Waals surface area contributed by atoms with Gasteiger partial charge in [-0.05, 0) is 24.7 Å². The van der Waals surface area contributed by atoms with Crippen LogP contribution in [0.15, 0.2) is 12.1 Å². The molecular formula is C15H21N3O2. The van der Waals surface area contributed by atoms with Crippen LogP contribution in [0.2, 0.25) is 0 Å². The van der Waals surface area contributed by atoms with Crippen LogP contribution in [-0.2, 0) is 6.54 Å². The van der Waals surface area contributed by atoms with Crippen LogP contribution in [0, 0.1) is 5.41 Å². The lowest BCUT2D eigenvalue weighted by Gasteiger charge is -2.15. The fraction of sp³-hybridized carbons (Fsp3) is 0.533. The van der Waals surface area contributed by atoms with Gasteiger partial charge in [0, 0.05) is 18.7 Å². The summed E-state index contributed by atoms with van der Waals surface area (Å²) in [6.07, 6.45) is 3.73. The molecule has 1 saturated carbocycles. The van der Waals surface area contributed by atoms with E-state index in [2.05, 4.69) is 16.5 Å². The summed E-state index contributed by atoms with van der Waals surface area (Å²) in [4.78, 5) is 4.45. The van der Waals surface area contributed by atoms with Gasteiger partial charge in [0.05, 0.1) is 25.3 Å². The Morgan fingerprint density at radius 1 is 1.25 bits per heavy atom. The summed E-state index contributed by atoms with van der Waals surface area (Å²) < 4.78 is 12.8. The molecule has 2 N–H and O–H groups in total. The third-order valence-electron chi connectivity index (χ3n) is 4.48. The molecule has 0 bridgehead atoms. The number of fused-ring (bicyclic) bond motifs is 1. The van der Waals surface area contributed by atoms with Crippen molar-refractivity contribution in [2.24, 2.45) is 5.41 Å². The highest BCUT2D eigenvalue weighted by atomic mass is 16.5. The van der Waals surface area contributed by atoms with Gasteiger partial charge in [-0.3, -0.25) is 0 Å². The fourth-order valence-corrected chi connectivity index (χ4v) is 2.77. The van der Waals surface area contributed by atoms with Crippen LogP contribution in [0.1, 0.15) is 26.2 Å². The van der Waals surface area contributed by atoms with Gasteiger partial charge in [0.2, 0.25) is 5.95 Å². The molecule has 5 heteroatoms. The predicted molar refractivity (Wildman–Crippen MR) is 79.2 cm³/mol. The van der Waals surface area contributed by atoms with Crippen molar-refractivity contribution in [2.75, 3.05) is 20.0 Å². The number of hydrogen-bond acceptors (Lipinski definition) is 4. The molecule has 1 fully saturated rings. The third-order valence-corrected chi connectivity index (χ3v) is 4.48. The molecule has 1 aromatic carbocycles. The number of ether oxygens (including phenoxy) is 2. The second kappa shape index (κ2) is 4.58. The van der Waals surface area contributed by atoms with Gasteiger partial charge in [0.25, 0.3) is 0 Å². The summed E-state index contributed by atoms with van der Waals surface area (Å²) in [6.45, 7) is 3.17. The number of benzene rings is 1. The Labute approximate surface area is 118 Å². The first-order valence-corrected chi connectivity index (χ1v) is 7.00. The van der Waals surface area contributed by atoms with Crippen LogP contribution in [0.25, 0.3) is 11.0 Å². The van der Waals surface area contributed by atoms with Gasteiger partial charge >= 0.3 is 0 Å². The molecule has 0 saturated heterocycles. The minimum absolute atomic E-state index is 0.412. The second-order valence-corrected chi connectivity index (χ2v) is 5.61. The zero-order valence-corrected chi connectivity index (χ0v) is 12.3. The van der Waals surface area contributed by atoms with E-state index < -0.39 is 0 Å². The highest BCUT2D eigenvalue weighted by Crippen LogP contribution is 2.50.